The average molecular weight is 426 g/mol. The molecule has 0 bridgehead atoms. The van der Waals surface area contributed by atoms with Crippen LogP contribution < -0.4 is 15.8 Å². The Morgan fingerprint density at radius 1 is 1.22 bits per heavy atom. The molecular formula is C17H23IN4O. The lowest BCUT2D eigenvalue weighted by Crippen LogP contribution is -2.33. The minimum atomic E-state index is 0. The van der Waals surface area contributed by atoms with Gasteiger partial charge in [-0.25, -0.2) is 4.99 Å². The van der Waals surface area contributed by atoms with E-state index in [-0.39, 0.29) is 24.0 Å². The van der Waals surface area contributed by atoms with E-state index in [2.05, 4.69) is 15.3 Å². The van der Waals surface area contributed by atoms with E-state index < -0.39 is 0 Å². The number of hydrogen-bond acceptors (Lipinski definition) is 3. The van der Waals surface area contributed by atoms with E-state index in [9.17, 15) is 0 Å². The third-order valence-electron chi connectivity index (χ3n) is 3.11. The fourth-order valence-corrected chi connectivity index (χ4v) is 2.02. The first-order valence-corrected chi connectivity index (χ1v) is 7.44. The van der Waals surface area contributed by atoms with Crippen LogP contribution in [0.5, 0.6) is 5.75 Å². The van der Waals surface area contributed by atoms with Crippen molar-refractivity contribution in [2.75, 3.05) is 13.2 Å². The van der Waals surface area contributed by atoms with Crippen LogP contribution in [0.1, 0.15) is 18.2 Å². The summed E-state index contributed by atoms with van der Waals surface area (Å²) < 4.78 is 5.57. The van der Waals surface area contributed by atoms with Crippen molar-refractivity contribution < 1.29 is 4.74 Å². The Balaban J connectivity index is 0.00000264. The van der Waals surface area contributed by atoms with Gasteiger partial charge in [-0.3, -0.25) is 4.98 Å². The molecule has 0 aliphatic rings. The Morgan fingerprint density at radius 3 is 2.74 bits per heavy atom. The molecule has 3 N–H and O–H groups in total. The van der Waals surface area contributed by atoms with Gasteiger partial charge >= 0.3 is 0 Å². The number of nitrogens with two attached hydrogens (primary N) is 1. The molecule has 0 saturated heterocycles. The summed E-state index contributed by atoms with van der Waals surface area (Å²) in [5, 5.41) is 3.10. The third-order valence-corrected chi connectivity index (χ3v) is 3.11. The summed E-state index contributed by atoms with van der Waals surface area (Å²) in [7, 11) is 0. The molecule has 5 nitrogen and oxygen atoms in total. The second-order valence-corrected chi connectivity index (χ2v) is 4.74. The Labute approximate surface area is 154 Å². The number of guanidine groups is 1. The van der Waals surface area contributed by atoms with Crippen molar-refractivity contribution in [3.63, 3.8) is 0 Å². The number of rotatable bonds is 7. The molecule has 1 aromatic carbocycles. The van der Waals surface area contributed by atoms with Gasteiger partial charge in [0.1, 0.15) is 5.75 Å². The van der Waals surface area contributed by atoms with Gasteiger partial charge in [-0.2, -0.15) is 0 Å². The van der Waals surface area contributed by atoms with E-state index in [1.54, 1.807) is 6.20 Å². The lowest BCUT2D eigenvalue weighted by Gasteiger charge is -2.09. The smallest absolute Gasteiger partial charge is 0.188 e. The fourth-order valence-electron chi connectivity index (χ4n) is 2.02. The summed E-state index contributed by atoms with van der Waals surface area (Å²) in [4.78, 5) is 8.62. The molecule has 2 rings (SSSR count). The van der Waals surface area contributed by atoms with Crippen molar-refractivity contribution in [1.82, 2.24) is 10.3 Å². The van der Waals surface area contributed by atoms with Crippen molar-refractivity contribution in [3.8, 4) is 5.75 Å². The van der Waals surface area contributed by atoms with Crippen LogP contribution in [0, 0.1) is 0 Å². The minimum absolute atomic E-state index is 0. The van der Waals surface area contributed by atoms with Gasteiger partial charge in [0.25, 0.3) is 0 Å². The number of halogens is 1. The quantitative estimate of drug-likeness (QED) is 0.406. The van der Waals surface area contributed by atoms with E-state index in [1.165, 1.54) is 0 Å². The van der Waals surface area contributed by atoms with Gasteiger partial charge in [0.15, 0.2) is 5.96 Å². The normalized spacial score (nSPS) is 10.7. The van der Waals surface area contributed by atoms with E-state index in [0.717, 1.165) is 23.4 Å². The van der Waals surface area contributed by atoms with E-state index in [4.69, 9.17) is 10.5 Å². The summed E-state index contributed by atoms with van der Waals surface area (Å²) >= 11 is 0. The molecule has 0 unspecified atom stereocenters. The fraction of sp³-hybridized carbons (Fsp3) is 0.294. The molecular weight excluding hydrogens is 403 g/mol. The molecule has 2 aromatic rings. The highest BCUT2D eigenvalue weighted by Crippen LogP contribution is 2.18. The van der Waals surface area contributed by atoms with Gasteiger partial charge < -0.3 is 15.8 Å². The van der Waals surface area contributed by atoms with Gasteiger partial charge in [-0.15, -0.1) is 24.0 Å². The van der Waals surface area contributed by atoms with Crippen molar-refractivity contribution in [2.45, 2.75) is 19.9 Å². The number of aromatic nitrogens is 1. The molecule has 0 fully saturated rings. The zero-order valence-electron chi connectivity index (χ0n) is 13.2. The molecule has 124 valence electrons. The maximum atomic E-state index is 5.89. The number of nitrogens with zero attached hydrogens (tertiary/aromatic N) is 2. The number of pyridine rings is 1. The summed E-state index contributed by atoms with van der Waals surface area (Å²) in [6.07, 6.45) is 2.60. The predicted molar refractivity (Wildman–Crippen MR) is 104 cm³/mol. The molecule has 0 radical (unpaired) electrons. The maximum absolute atomic E-state index is 5.89. The first-order valence-electron chi connectivity index (χ1n) is 7.44. The third kappa shape index (κ3) is 6.85. The molecule has 6 heteroatoms. The molecule has 0 aliphatic carbocycles. The van der Waals surface area contributed by atoms with Crippen molar-refractivity contribution >= 4 is 29.9 Å². The van der Waals surface area contributed by atoms with E-state index in [1.807, 2.05) is 49.4 Å². The predicted octanol–water partition coefficient (Wildman–Crippen LogP) is 2.75. The Hall–Kier alpha value is -1.83. The van der Waals surface area contributed by atoms with E-state index in [0.29, 0.717) is 25.7 Å². The zero-order valence-corrected chi connectivity index (χ0v) is 15.6. The zero-order chi connectivity index (χ0) is 15.6. The second kappa shape index (κ2) is 10.8. The number of hydrogen-bond donors (Lipinski definition) is 2. The lowest BCUT2D eigenvalue weighted by atomic mass is 10.2. The SMILES string of the molecule is CCOc1ccccc1CN=C(N)NCCc1ccccn1.I. The molecule has 23 heavy (non-hydrogen) atoms. The van der Waals surface area contributed by atoms with Gasteiger partial charge in [0.05, 0.1) is 13.2 Å². The second-order valence-electron chi connectivity index (χ2n) is 4.74. The largest absolute Gasteiger partial charge is 0.494 e. The molecule has 1 aromatic heterocycles. The summed E-state index contributed by atoms with van der Waals surface area (Å²) in [5.74, 6) is 1.29. The number of para-hydroxylation sites is 1. The van der Waals surface area contributed by atoms with Crippen molar-refractivity contribution in [2.24, 2.45) is 10.7 Å². The summed E-state index contributed by atoms with van der Waals surface area (Å²) in [5.41, 5.74) is 7.95. The van der Waals surface area contributed by atoms with Crippen LogP contribution in [0.25, 0.3) is 0 Å². The molecule has 0 aliphatic heterocycles. The van der Waals surface area contributed by atoms with Crippen LogP contribution in [0.2, 0.25) is 0 Å². The molecule has 0 saturated carbocycles. The maximum Gasteiger partial charge on any atom is 0.188 e. The van der Waals surface area contributed by atoms with Crippen LogP contribution >= 0.6 is 24.0 Å². The van der Waals surface area contributed by atoms with Gasteiger partial charge in [0.2, 0.25) is 0 Å². The minimum Gasteiger partial charge on any atom is -0.494 e. The van der Waals surface area contributed by atoms with Crippen LogP contribution in [-0.4, -0.2) is 24.1 Å². The van der Waals surface area contributed by atoms with Crippen molar-refractivity contribution in [3.05, 3.63) is 59.9 Å². The molecule has 0 spiro atoms. The average Bonchev–Trinajstić information content (AvgIpc) is 2.55. The monoisotopic (exact) mass is 426 g/mol. The standard InChI is InChI=1S/C17H22N4O.HI/c1-2-22-16-9-4-3-7-14(16)13-21-17(18)20-12-10-15-8-5-6-11-19-15;/h3-9,11H,2,10,12-13H2,1H3,(H3,18,20,21);1H. The highest BCUT2D eigenvalue weighted by Gasteiger charge is 2.01. The number of benzene rings is 1. The first-order chi connectivity index (χ1) is 10.8. The van der Waals surface area contributed by atoms with Crippen LogP contribution in [0.4, 0.5) is 0 Å². The van der Waals surface area contributed by atoms with E-state index >= 15 is 0 Å². The summed E-state index contributed by atoms with van der Waals surface area (Å²) in [6, 6.07) is 13.7. The topological polar surface area (TPSA) is 72.5 Å². The highest BCUT2D eigenvalue weighted by atomic mass is 127. The summed E-state index contributed by atoms with van der Waals surface area (Å²) in [6.45, 7) is 3.81. The lowest BCUT2D eigenvalue weighted by molar-refractivity contribution is 0.336. The van der Waals surface area contributed by atoms with Gasteiger partial charge in [-0.05, 0) is 25.1 Å². The van der Waals surface area contributed by atoms with Crippen LogP contribution in [0.15, 0.2) is 53.7 Å². The Morgan fingerprint density at radius 2 is 2.00 bits per heavy atom. The van der Waals surface area contributed by atoms with Gasteiger partial charge in [-0.1, -0.05) is 24.3 Å². The highest BCUT2D eigenvalue weighted by molar-refractivity contribution is 14.0. The Bertz CT molecular complexity index is 605. The molecule has 0 atom stereocenters. The van der Waals surface area contributed by atoms with Crippen LogP contribution in [0.3, 0.4) is 0 Å². The Kier molecular flexibility index (Phi) is 9.04. The molecule has 0 amide bonds. The van der Waals surface area contributed by atoms with Gasteiger partial charge in [0, 0.05) is 30.4 Å². The van der Waals surface area contributed by atoms with Crippen molar-refractivity contribution in [1.29, 1.82) is 0 Å². The molecule has 1 heterocycles. The number of ether oxygens (including phenoxy) is 1. The number of nitrogens with one attached hydrogen (secondary N) is 1. The first kappa shape index (κ1) is 19.2. The number of aliphatic imine (C=N–C) groups is 1. The van der Waals surface area contributed by atoms with Crippen LogP contribution in [-0.2, 0) is 13.0 Å².